The first-order valence-electron chi connectivity index (χ1n) is 6.02. The van der Waals surface area contributed by atoms with Crippen molar-refractivity contribution < 1.29 is 14.7 Å². The third kappa shape index (κ3) is 4.57. The van der Waals surface area contributed by atoms with Crippen LogP contribution in [0.1, 0.15) is 39.2 Å². The molecule has 1 aromatic heterocycles. The first kappa shape index (κ1) is 14.2. The normalized spacial score (nSPS) is 13.9. The molecule has 1 aromatic rings. The number of nitrogens with one attached hydrogen (secondary N) is 1. The molecule has 1 amide bonds. The van der Waals surface area contributed by atoms with Crippen molar-refractivity contribution in [3.8, 4) is 0 Å². The third-order valence-electron chi connectivity index (χ3n) is 2.72. The van der Waals surface area contributed by atoms with E-state index in [4.69, 9.17) is 5.11 Å². The summed E-state index contributed by atoms with van der Waals surface area (Å²) in [5.41, 5.74) is 0. The Morgan fingerprint density at radius 2 is 2.17 bits per heavy atom. The van der Waals surface area contributed by atoms with Crippen molar-refractivity contribution >= 4 is 11.9 Å². The van der Waals surface area contributed by atoms with E-state index in [1.165, 1.54) is 0 Å². The molecule has 1 rings (SSSR count). The van der Waals surface area contributed by atoms with Gasteiger partial charge >= 0.3 is 5.97 Å². The topological polar surface area (TPSA) is 84.2 Å². The van der Waals surface area contributed by atoms with Crippen LogP contribution in [-0.4, -0.2) is 32.8 Å². The summed E-state index contributed by atoms with van der Waals surface area (Å²) in [6, 6.07) is 1.37. The fraction of sp³-hybridized carbons (Fsp3) is 0.583. The average Bonchev–Trinajstić information content (AvgIpc) is 2.80. The van der Waals surface area contributed by atoms with Crippen molar-refractivity contribution in [1.82, 2.24) is 15.1 Å². The van der Waals surface area contributed by atoms with Crippen LogP contribution in [0, 0.1) is 0 Å². The van der Waals surface area contributed by atoms with Crippen molar-refractivity contribution in [3.63, 3.8) is 0 Å². The summed E-state index contributed by atoms with van der Waals surface area (Å²) >= 11 is 0. The number of rotatable bonds is 7. The summed E-state index contributed by atoms with van der Waals surface area (Å²) in [5.74, 6) is -0.917. The van der Waals surface area contributed by atoms with Gasteiger partial charge in [-0.3, -0.25) is 14.3 Å². The Kier molecular flexibility index (Phi) is 5.35. The van der Waals surface area contributed by atoms with E-state index in [1.807, 2.05) is 6.92 Å². The molecule has 0 saturated carbocycles. The van der Waals surface area contributed by atoms with E-state index in [9.17, 15) is 9.59 Å². The van der Waals surface area contributed by atoms with Crippen LogP contribution in [0.4, 0.5) is 0 Å². The van der Waals surface area contributed by atoms with E-state index in [-0.39, 0.29) is 24.4 Å². The van der Waals surface area contributed by atoms with Gasteiger partial charge in [0.25, 0.3) is 0 Å². The number of amides is 1. The third-order valence-corrected chi connectivity index (χ3v) is 2.72. The highest BCUT2D eigenvalue weighted by Gasteiger charge is 2.16. The van der Waals surface area contributed by atoms with Crippen LogP contribution in [0.25, 0.3) is 0 Å². The first-order chi connectivity index (χ1) is 8.50. The Balaban J connectivity index is 2.33. The molecule has 1 heterocycles. The van der Waals surface area contributed by atoms with E-state index in [0.717, 1.165) is 0 Å². The highest BCUT2D eigenvalue weighted by molar-refractivity contribution is 5.80. The molecule has 6 nitrogen and oxygen atoms in total. The number of aliphatic carboxylic acids is 1. The summed E-state index contributed by atoms with van der Waals surface area (Å²) in [6.45, 7) is 3.64. The van der Waals surface area contributed by atoms with Crippen molar-refractivity contribution in [2.24, 2.45) is 0 Å². The van der Waals surface area contributed by atoms with E-state index in [0.29, 0.717) is 12.8 Å². The predicted molar refractivity (Wildman–Crippen MR) is 66.0 cm³/mol. The van der Waals surface area contributed by atoms with Crippen LogP contribution in [0.3, 0.4) is 0 Å². The van der Waals surface area contributed by atoms with E-state index in [2.05, 4.69) is 10.4 Å². The Morgan fingerprint density at radius 1 is 1.44 bits per heavy atom. The summed E-state index contributed by atoms with van der Waals surface area (Å²) in [7, 11) is 0. The highest BCUT2D eigenvalue weighted by atomic mass is 16.4. The number of carboxylic acids is 1. The molecule has 0 aliphatic heterocycles. The molecule has 18 heavy (non-hydrogen) atoms. The van der Waals surface area contributed by atoms with Gasteiger partial charge < -0.3 is 10.4 Å². The summed E-state index contributed by atoms with van der Waals surface area (Å²) in [4.78, 5) is 22.2. The lowest BCUT2D eigenvalue weighted by atomic mass is 10.1. The zero-order valence-electron chi connectivity index (χ0n) is 10.7. The van der Waals surface area contributed by atoms with Crippen LogP contribution >= 0.6 is 0 Å². The molecule has 0 fully saturated rings. The lowest BCUT2D eigenvalue weighted by molar-refractivity contribution is -0.137. The van der Waals surface area contributed by atoms with Crippen LogP contribution < -0.4 is 5.32 Å². The minimum absolute atomic E-state index is 0.0325. The summed E-state index contributed by atoms with van der Waals surface area (Å²) < 4.78 is 1.58. The number of hydrogen-bond acceptors (Lipinski definition) is 3. The van der Waals surface area contributed by atoms with E-state index in [1.54, 1.807) is 30.1 Å². The molecular formula is C12H19N3O3. The largest absolute Gasteiger partial charge is 0.481 e. The number of nitrogens with zero attached hydrogens (tertiary/aromatic N) is 2. The van der Waals surface area contributed by atoms with Gasteiger partial charge in [0.15, 0.2) is 0 Å². The molecule has 0 aliphatic carbocycles. The van der Waals surface area contributed by atoms with Gasteiger partial charge in [-0.1, -0.05) is 0 Å². The van der Waals surface area contributed by atoms with Crippen molar-refractivity contribution in [2.45, 2.75) is 45.2 Å². The smallest absolute Gasteiger partial charge is 0.303 e. The second-order valence-electron chi connectivity index (χ2n) is 4.36. The predicted octanol–water partition coefficient (Wildman–Crippen LogP) is 1.20. The van der Waals surface area contributed by atoms with Crippen molar-refractivity contribution in [1.29, 1.82) is 0 Å². The maximum Gasteiger partial charge on any atom is 0.303 e. The van der Waals surface area contributed by atoms with Crippen LogP contribution in [0.15, 0.2) is 18.5 Å². The van der Waals surface area contributed by atoms with Crippen molar-refractivity contribution in [3.05, 3.63) is 18.5 Å². The minimum atomic E-state index is -0.807. The molecule has 100 valence electrons. The minimum Gasteiger partial charge on any atom is -0.481 e. The Hall–Kier alpha value is -1.85. The fourth-order valence-corrected chi connectivity index (χ4v) is 1.62. The maximum absolute atomic E-state index is 11.9. The molecule has 0 radical (unpaired) electrons. The van der Waals surface area contributed by atoms with Crippen molar-refractivity contribution in [2.75, 3.05) is 0 Å². The Labute approximate surface area is 106 Å². The molecule has 0 bridgehead atoms. The standard InChI is InChI=1S/C12H19N3O3/c1-9(5-3-6-11(16)17)14-12(18)10(2)15-8-4-7-13-15/h4,7-10H,3,5-6H2,1-2H3,(H,14,18)(H,16,17). The van der Waals surface area contributed by atoms with Gasteiger partial charge in [0.05, 0.1) is 0 Å². The molecule has 2 atom stereocenters. The van der Waals surface area contributed by atoms with Gasteiger partial charge in [0, 0.05) is 24.9 Å². The molecule has 0 spiro atoms. The summed E-state index contributed by atoms with van der Waals surface area (Å²) in [5, 5.41) is 15.4. The second kappa shape index (κ2) is 6.78. The Bertz CT molecular complexity index is 389. The zero-order chi connectivity index (χ0) is 13.5. The van der Waals surface area contributed by atoms with Crippen LogP contribution in [0.2, 0.25) is 0 Å². The zero-order valence-corrected chi connectivity index (χ0v) is 10.7. The van der Waals surface area contributed by atoms with Gasteiger partial charge in [-0.25, -0.2) is 0 Å². The van der Waals surface area contributed by atoms with Crippen LogP contribution in [-0.2, 0) is 9.59 Å². The highest BCUT2D eigenvalue weighted by Crippen LogP contribution is 2.06. The lowest BCUT2D eigenvalue weighted by Crippen LogP contribution is -2.37. The van der Waals surface area contributed by atoms with E-state index >= 15 is 0 Å². The van der Waals surface area contributed by atoms with Gasteiger partial charge in [0.1, 0.15) is 6.04 Å². The van der Waals surface area contributed by atoms with Gasteiger partial charge in [0.2, 0.25) is 5.91 Å². The number of carboxylic acid groups (broad SMARTS) is 1. The quantitative estimate of drug-likeness (QED) is 0.764. The molecule has 0 aliphatic rings. The van der Waals surface area contributed by atoms with Gasteiger partial charge in [-0.15, -0.1) is 0 Å². The van der Waals surface area contributed by atoms with E-state index < -0.39 is 5.97 Å². The molecule has 0 saturated heterocycles. The molecule has 0 aromatic carbocycles. The monoisotopic (exact) mass is 253 g/mol. The second-order valence-corrected chi connectivity index (χ2v) is 4.36. The number of aromatic nitrogens is 2. The van der Waals surface area contributed by atoms with Gasteiger partial charge in [-0.2, -0.15) is 5.10 Å². The maximum atomic E-state index is 11.9. The molecule has 2 unspecified atom stereocenters. The molecular weight excluding hydrogens is 234 g/mol. The lowest BCUT2D eigenvalue weighted by Gasteiger charge is -2.17. The average molecular weight is 253 g/mol. The Morgan fingerprint density at radius 3 is 2.72 bits per heavy atom. The fourth-order valence-electron chi connectivity index (χ4n) is 1.62. The number of hydrogen-bond donors (Lipinski definition) is 2. The first-order valence-corrected chi connectivity index (χ1v) is 6.02. The number of carbonyl (C=O) groups is 2. The molecule has 2 N–H and O–H groups in total. The molecule has 6 heteroatoms. The number of carbonyl (C=O) groups excluding carboxylic acids is 1. The van der Waals surface area contributed by atoms with Crippen LogP contribution in [0.5, 0.6) is 0 Å². The SMILES string of the molecule is CC(CCCC(=O)O)NC(=O)C(C)n1cccn1. The summed E-state index contributed by atoms with van der Waals surface area (Å²) in [6.07, 6.45) is 4.71. The van der Waals surface area contributed by atoms with Gasteiger partial charge in [-0.05, 0) is 32.8 Å².